The molecule has 1 aromatic carbocycles. The first-order valence-electron chi connectivity index (χ1n) is 4.74. The van der Waals surface area contributed by atoms with Crippen LogP contribution in [0.25, 0.3) is 10.9 Å². The molecule has 2 rings (SSSR count). The van der Waals surface area contributed by atoms with Gasteiger partial charge in [-0.15, -0.1) is 11.6 Å². The molecule has 0 saturated carbocycles. The van der Waals surface area contributed by atoms with Gasteiger partial charge in [-0.25, -0.2) is 0 Å². The fourth-order valence-electron chi connectivity index (χ4n) is 1.59. The highest BCUT2D eigenvalue weighted by Crippen LogP contribution is 2.29. The number of phenolic OH excluding ortho intramolecular Hbond substituents is 1. The van der Waals surface area contributed by atoms with Crippen LogP contribution in [-0.4, -0.2) is 21.7 Å². The van der Waals surface area contributed by atoms with Gasteiger partial charge in [0.2, 0.25) is 0 Å². The van der Waals surface area contributed by atoms with Gasteiger partial charge in [0.25, 0.3) is 0 Å². The molecule has 0 unspecified atom stereocenters. The molecule has 0 atom stereocenters. The molecule has 0 spiro atoms. The normalized spacial score (nSPS) is 11.0. The summed E-state index contributed by atoms with van der Waals surface area (Å²) in [4.78, 5) is 3.15. The van der Waals surface area contributed by atoms with Crippen LogP contribution < -0.4 is 0 Å². The lowest BCUT2D eigenvalue weighted by molar-refractivity contribution is 0.481. The predicted molar refractivity (Wildman–Crippen MR) is 66.8 cm³/mol. The van der Waals surface area contributed by atoms with Crippen LogP contribution >= 0.6 is 23.4 Å². The average molecular weight is 242 g/mol. The van der Waals surface area contributed by atoms with Crippen LogP contribution in [0.15, 0.2) is 24.4 Å². The first-order valence-corrected chi connectivity index (χ1v) is 6.43. The molecule has 0 fully saturated rings. The van der Waals surface area contributed by atoms with E-state index in [4.69, 9.17) is 11.6 Å². The highest BCUT2D eigenvalue weighted by molar-refractivity contribution is 7.98. The Kier molecular flexibility index (Phi) is 3.44. The lowest BCUT2D eigenvalue weighted by Gasteiger charge is -2.00. The minimum absolute atomic E-state index is 0.343. The number of aromatic nitrogens is 1. The van der Waals surface area contributed by atoms with Crippen molar-refractivity contribution in [1.82, 2.24) is 4.98 Å². The maximum absolute atomic E-state index is 9.74. The zero-order chi connectivity index (χ0) is 10.7. The smallest absolute Gasteiger partial charge is 0.125 e. The lowest BCUT2D eigenvalue weighted by atomic mass is 10.2. The molecule has 0 aliphatic carbocycles. The second-order valence-corrected chi connectivity index (χ2v) is 4.74. The Hall–Kier alpha value is -0.800. The van der Waals surface area contributed by atoms with E-state index < -0.39 is 0 Å². The van der Waals surface area contributed by atoms with Gasteiger partial charge in [0.15, 0.2) is 0 Å². The molecule has 0 aliphatic heterocycles. The van der Waals surface area contributed by atoms with Gasteiger partial charge in [-0.05, 0) is 17.7 Å². The van der Waals surface area contributed by atoms with Gasteiger partial charge in [-0.3, -0.25) is 0 Å². The second kappa shape index (κ2) is 4.81. The Morgan fingerprint density at radius 3 is 3.07 bits per heavy atom. The summed E-state index contributed by atoms with van der Waals surface area (Å²) in [5, 5.41) is 10.7. The Morgan fingerprint density at radius 2 is 2.27 bits per heavy atom. The number of aromatic amines is 1. The van der Waals surface area contributed by atoms with Crippen LogP contribution in [0.5, 0.6) is 5.75 Å². The lowest BCUT2D eigenvalue weighted by Crippen LogP contribution is -1.82. The van der Waals surface area contributed by atoms with E-state index in [9.17, 15) is 5.11 Å². The molecule has 0 saturated heterocycles. The standard InChI is InChI=1S/C11H12ClNOS/c12-4-5-15-7-8-6-13-9-2-1-3-10(14)11(8)9/h1-3,6,13-14H,4-5,7H2. The molecule has 0 amide bonds. The Morgan fingerprint density at radius 1 is 1.40 bits per heavy atom. The average Bonchev–Trinajstić information content (AvgIpc) is 2.63. The van der Waals surface area contributed by atoms with Gasteiger partial charge >= 0.3 is 0 Å². The van der Waals surface area contributed by atoms with Gasteiger partial charge < -0.3 is 10.1 Å². The van der Waals surface area contributed by atoms with Crippen molar-refractivity contribution in [1.29, 1.82) is 0 Å². The third-order valence-electron chi connectivity index (χ3n) is 2.24. The van der Waals surface area contributed by atoms with Crippen LogP contribution in [0.4, 0.5) is 0 Å². The van der Waals surface area contributed by atoms with E-state index in [1.54, 1.807) is 17.8 Å². The van der Waals surface area contributed by atoms with Crippen LogP contribution in [-0.2, 0) is 5.75 Å². The highest BCUT2D eigenvalue weighted by atomic mass is 35.5. The second-order valence-electron chi connectivity index (χ2n) is 3.26. The minimum atomic E-state index is 0.343. The molecule has 1 aromatic heterocycles. The number of halogens is 1. The Bertz CT molecular complexity index is 455. The Labute approximate surface area is 97.6 Å². The maximum atomic E-state index is 9.74. The summed E-state index contributed by atoms with van der Waals surface area (Å²) in [6, 6.07) is 5.51. The highest BCUT2D eigenvalue weighted by Gasteiger charge is 2.07. The molecule has 1 heterocycles. The van der Waals surface area contributed by atoms with Gasteiger partial charge in [0.05, 0.1) is 0 Å². The third-order valence-corrected chi connectivity index (χ3v) is 3.67. The first-order chi connectivity index (χ1) is 7.33. The number of hydrogen-bond acceptors (Lipinski definition) is 2. The predicted octanol–water partition coefficient (Wildman–Crippen LogP) is 3.35. The van der Waals surface area contributed by atoms with Crippen molar-refractivity contribution in [3.63, 3.8) is 0 Å². The van der Waals surface area contributed by atoms with Crippen molar-refractivity contribution in [2.45, 2.75) is 5.75 Å². The van der Waals surface area contributed by atoms with Gasteiger partial charge in [-0.1, -0.05) is 6.07 Å². The summed E-state index contributed by atoms with van der Waals surface area (Å²) < 4.78 is 0. The molecular formula is C11H12ClNOS. The maximum Gasteiger partial charge on any atom is 0.125 e. The summed E-state index contributed by atoms with van der Waals surface area (Å²) in [6.45, 7) is 0. The SMILES string of the molecule is Oc1cccc2[nH]cc(CSCCCl)c12. The topological polar surface area (TPSA) is 36.0 Å². The molecule has 0 aliphatic rings. The van der Waals surface area contributed by atoms with E-state index in [0.29, 0.717) is 11.6 Å². The summed E-state index contributed by atoms with van der Waals surface area (Å²) in [6.07, 6.45) is 1.95. The van der Waals surface area contributed by atoms with Crippen LogP contribution in [0.1, 0.15) is 5.56 Å². The molecule has 0 bridgehead atoms. The van der Waals surface area contributed by atoms with E-state index in [1.165, 1.54) is 0 Å². The number of rotatable bonds is 4. The fraction of sp³-hybridized carbons (Fsp3) is 0.273. The molecular weight excluding hydrogens is 230 g/mol. The summed E-state index contributed by atoms with van der Waals surface area (Å²) >= 11 is 7.38. The Balaban J connectivity index is 2.27. The molecule has 15 heavy (non-hydrogen) atoms. The number of hydrogen-bond donors (Lipinski definition) is 2. The van der Waals surface area contributed by atoms with Crippen LogP contribution in [0.2, 0.25) is 0 Å². The zero-order valence-corrected chi connectivity index (χ0v) is 9.74. The molecule has 80 valence electrons. The number of thioether (sulfide) groups is 1. The summed E-state index contributed by atoms with van der Waals surface area (Å²) in [5.74, 6) is 2.82. The number of aromatic hydroxyl groups is 1. The molecule has 2 nitrogen and oxygen atoms in total. The fourth-order valence-corrected chi connectivity index (χ4v) is 2.61. The van der Waals surface area contributed by atoms with Gasteiger partial charge in [0.1, 0.15) is 5.75 Å². The molecule has 4 heteroatoms. The molecule has 0 radical (unpaired) electrons. The first kappa shape index (κ1) is 10.7. The van der Waals surface area contributed by atoms with E-state index in [2.05, 4.69) is 4.98 Å². The largest absolute Gasteiger partial charge is 0.507 e. The van der Waals surface area contributed by atoms with Gasteiger partial charge in [0, 0.05) is 34.5 Å². The third kappa shape index (κ3) is 2.24. The van der Waals surface area contributed by atoms with E-state index in [1.807, 2.05) is 18.3 Å². The van der Waals surface area contributed by atoms with Gasteiger partial charge in [-0.2, -0.15) is 11.8 Å². The number of H-pyrrole nitrogens is 1. The summed E-state index contributed by atoms with van der Waals surface area (Å²) in [5.41, 5.74) is 2.12. The minimum Gasteiger partial charge on any atom is -0.507 e. The van der Waals surface area contributed by atoms with Crippen molar-refractivity contribution in [2.75, 3.05) is 11.6 Å². The zero-order valence-electron chi connectivity index (χ0n) is 8.16. The number of phenols is 1. The summed E-state index contributed by atoms with van der Waals surface area (Å²) in [7, 11) is 0. The van der Waals surface area contributed by atoms with Crippen molar-refractivity contribution in [3.8, 4) is 5.75 Å². The van der Waals surface area contributed by atoms with Crippen molar-refractivity contribution in [2.24, 2.45) is 0 Å². The van der Waals surface area contributed by atoms with Crippen molar-refractivity contribution >= 4 is 34.3 Å². The number of fused-ring (bicyclic) bond motifs is 1. The van der Waals surface area contributed by atoms with E-state index in [-0.39, 0.29) is 0 Å². The van der Waals surface area contributed by atoms with E-state index in [0.717, 1.165) is 28.0 Å². The molecule has 2 N–H and O–H groups in total. The number of benzene rings is 1. The van der Waals surface area contributed by atoms with Crippen molar-refractivity contribution < 1.29 is 5.11 Å². The number of alkyl halides is 1. The van der Waals surface area contributed by atoms with Crippen LogP contribution in [0, 0.1) is 0 Å². The number of nitrogens with one attached hydrogen (secondary N) is 1. The van der Waals surface area contributed by atoms with Crippen molar-refractivity contribution in [3.05, 3.63) is 30.0 Å². The quantitative estimate of drug-likeness (QED) is 0.636. The van der Waals surface area contributed by atoms with E-state index >= 15 is 0 Å². The van der Waals surface area contributed by atoms with Crippen LogP contribution in [0.3, 0.4) is 0 Å². The monoisotopic (exact) mass is 241 g/mol. The molecule has 2 aromatic rings.